The summed E-state index contributed by atoms with van der Waals surface area (Å²) in [6.45, 7) is 2.32. The molecule has 0 saturated heterocycles. The minimum atomic E-state index is -3.77. The zero-order valence-electron chi connectivity index (χ0n) is 15.6. The van der Waals surface area contributed by atoms with Crippen LogP contribution in [0.1, 0.15) is 18.9 Å². The van der Waals surface area contributed by atoms with Crippen LogP contribution in [0, 0.1) is 0 Å². The number of carbonyl (C=O) groups excluding carboxylic acids is 1. The molecule has 7 heteroatoms. The van der Waals surface area contributed by atoms with Crippen LogP contribution in [-0.4, -0.2) is 45.5 Å². The molecule has 0 bridgehead atoms. The summed E-state index contributed by atoms with van der Waals surface area (Å²) in [4.78, 5) is 11.9. The molecule has 2 aromatic carbocycles. The van der Waals surface area contributed by atoms with Crippen LogP contribution in [0.5, 0.6) is 5.75 Å². The van der Waals surface area contributed by atoms with E-state index in [0.29, 0.717) is 12.2 Å². The summed E-state index contributed by atoms with van der Waals surface area (Å²) in [6, 6.07) is 16.0. The molecule has 2 aromatic rings. The van der Waals surface area contributed by atoms with Gasteiger partial charge in [-0.05, 0) is 31.0 Å². The lowest BCUT2D eigenvalue weighted by Crippen LogP contribution is -2.35. The van der Waals surface area contributed by atoms with Crippen molar-refractivity contribution in [3.63, 3.8) is 0 Å². The van der Waals surface area contributed by atoms with E-state index in [4.69, 9.17) is 9.47 Å². The zero-order valence-corrected chi connectivity index (χ0v) is 16.4. The van der Waals surface area contributed by atoms with Gasteiger partial charge in [0.05, 0.1) is 25.0 Å². The Morgan fingerprint density at radius 3 is 2.44 bits per heavy atom. The number of carbonyl (C=O) groups is 1. The Morgan fingerprint density at radius 2 is 1.78 bits per heavy atom. The van der Waals surface area contributed by atoms with Gasteiger partial charge in [-0.25, -0.2) is 8.42 Å². The lowest BCUT2D eigenvalue weighted by molar-refractivity contribution is -0.143. The Morgan fingerprint density at radius 1 is 1.04 bits per heavy atom. The van der Waals surface area contributed by atoms with E-state index in [1.165, 1.54) is 23.5 Å². The van der Waals surface area contributed by atoms with Crippen molar-refractivity contribution >= 4 is 16.0 Å². The molecule has 0 aliphatic heterocycles. The molecule has 0 heterocycles. The molecule has 146 valence electrons. The molecule has 2 rings (SSSR count). The van der Waals surface area contributed by atoms with Crippen molar-refractivity contribution in [1.29, 1.82) is 0 Å². The van der Waals surface area contributed by atoms with E-state index in [0.717, 1.165) is 5.56 Å². The van der Waals surface area contributed by atoms with Gasteiger partial charge in [0.2, 0.25) is 10.0 Å². The van der Waals surface area contributed by atoms with Crippen LogP contribution in [0.15, 0.2) is 59.5 Å². The highest BCUT2D eigenvalue weighted by Gasteiger charge is 2.25. The average Bonchev–Trinajstić information content (AvgIpc) is 2.68. The van der Waals surface area contributed by atoms with Gasteiger partial charge >= 0.3 is 5.97 Å². The molecule has 0 aromatic heterocycles. The van der Waals surface area contributed by atoms with Crippen LogP contribution in [0.3, 0.4) is 0 Å². The third kappa shape index (κ3) is 6.08. The van der Waals surface area contributed by atoms with E-state index < -0.39 is 16.0 Å². The summed E-state index contributed by atoms with van der Waals surface area (Å²) in [6.07, 6.45) is 0.554. The quantitative estimate of drug-likeness (QED) is 0.582. The number of rotatable bonds is 10. The molecule has 0 N–H and O–H groups in total. The molecule has 6 nitrogen and oxygen atoms in total. The molecular formula is C20H25NO5S. The fraction of sp³-hybridized carbons (Fsp3) is 0.350. The third-order valence-corrected chi connectivity index (χ3v) is 5.94. The second-order valence-corrected chi connectivity index (χ2v) is 7.81. The first-order valence-corrected chi connectivity index (χ1v) is 10.2. The minimum absolute atomic E-state index is 0.00578. The number of esters is 1. The van der Waals surface area contributed by atoms with Crippen LogP contribution < -0.4 is 4.74 Å². The summed E-state index contributed by atoms with van der Waals surface area (Å²) in [5.41, 5.74) is 1.03. The van der Waals surface area contributed by atoms with Gasteiger partial charge in [-0.15, -0.1) is 0 Å². The van der Waals surface area contributed by atoms with Gasteiger partial charge in [0.25, 0.3) is 0 Å². The SMILES string of the molecule is CCOC(=O)CCN(CCc1ccccc1)S(=O)(=O)c1cccc(OC)c1. The molecule has 0 atom stereocenters. The van der Waals surface area contributed by atoms with Gasteiger partial charge < -0.3 is 9.47 Å². The van der Waals surface area contributed by atoms with Gasteiger partial charge in [0.1, 0.15) is 5.75 Å². The van der Waals surface area contributed by atoms with Crippen molar-refractivity contribution in [1.82, 2.24) is 4.31 Å². The predicted octanol–water partition coefficient (Wildman–Crippen LogP) is 2.88. The van der Waals surface area contributed by atoms with Gasteiger partial charge in [-0.1, -0.05) is 36.4 Å². The fourth-order valence-electron chi connectivity index (χ4n) is 2.61. The number of nitrogens with zero attached hydrogens (tertiary/aromatic N) is 1. The molecule has 0 aliphatic carbocycles. The van der Waals surface area contributed by atoms with E-state index in [2.05, 4.69) is 0 Å². The van der Waals surface area contributed by atoms with E-state index in [-0.39, 0.29) is 31.0 Å². The van der Waals surface area contributed by atoms with Gasteiger partial charge in [0, 0.05) is 19.2 Å². The number of sulfonamides is 1. The summed E-state index contributed by atoms with van der Waals surface area (Å²) in [5, 5.41) is 0. The Bertz CT molecular complexity index is 836. The third-order valence-electron chi connectivity index (χ3n) is 4.04. The first-order valence-electron chi connectivity index (χ1n) is 8.81. The van der Waals surface area contributed by atoms with Crippen LogP contribution >= 0.6 is 0 Å². The van der Waals surface area contributed by atoms with Crippen LogP contribution in [0.2, 0.25) is 0 Å². The maximum absolute atomic E-state index is 13.1. The first kappa shape index (κ1) is 20.9. The Labute approximate surface area is 160 Å². The van der Waals surface area contributed by atoms with E-state index in [9.17, 15) is 13.2 Å². The molecule has 0 amide bonds. The highest BCUT2D eigenvalue weighted by atomic mass is 32.2. The topological polar surface area (TPSA) is 72.9 Å². The van der Waals surface area contributed by atoms with Crippen LogP contribution in [0.4, 0.5) is 0 Å². The van der Waals surface area contributed by atoms with E-state index in [1.54, 1.807) is 19.1 Å². The number of methoxy groups -OCH3 is 1. The summed E-state index contributed by atoms with van der Waals surface area (Å²) >= 11 is 0. The van der Waals surface area contributed by atoms with Gasteiger partial charge in [-0.2, -0.15) is 4.31 Å². The predicted molar refractivity (Wildman–Crippen MR) is 103 cm³/mol. The first-order chi connectivity index (χ1) is 13.0. The molecule has 27 heavy (non-hydrogen) atoms. The van der Waals surface area contributed by atoms with Gasteiger partial charge in [0.15, 0.2) is 0 Å². The molecule has 0 saturated carbocycles. The summed E-state index contributed by atoms with van der Waals surface area (Å²) < 4.78 is 37.6. The lowest BCUT2D eigenvalue weighted by Gasteiger charge is -2.22. The maximum atomic E-state index is 13.1. The number of hydrogen-bond donors (Lipinski definition) is 0. The fourth-order valence-corrected chi connectivity index (χ4v) is 4.09. The molecule has 0 spiro atoms. The monoisotopic (exact) mass is 391 g/mol. The Kier molecular flexibility index (Phi) is 7.82. The lowest BCUT2D eigenvalue weighted by atomic mass is 10.1. The second-order valence-electron chi connectivity index (χ2n) is 5.87. The van der Waals surface area contributed by atoms with E-state index in [1.807, 2.05) is 30.3 Å². The van der Waals surface area contributed by atoms with Crippen molar-refractivity contribution < 1.29 is 22.7 Å². The normalized spacial score (nSPS) is 11.4. The molecular weight excluding hydrogens is 366 g/mol. The number of hydrogen-bond acceptors (Lipinski definition) is 5. The summed E-state index contributed by atoms with van der Waals surface area (Å²) in [5.74, 6) is 0.0486. The van der Waals surface area contributed by atoms with Crippen molar-refractivity contribution in [3.8, 4) is 5.75 Å². The average molecular weight is 391 g/mol. The maximum Gasteiger partial charge on any atom is 0.307 e. The number of ether oxygens (including phenoxy) is 2. The highest BCUT2D eigenvalue weighted by molar-refractivity contribution is 7.89. The second kappa shape index (κ2) is 10.1. The highest BCUT2D eigenvalue weighted by Crippen LogP contribution is 2.21. The molecule has 0 radical (unpaired) electrons. The molecule has 0 fully saturated rings. The van der Waals surface area contributed by atoms with E-state index >= 15 is 0 Å². The Hall–Kier alpha value is -2.38. The standard InChI is InChI=1S/C20H25NO5S/c1-3-26-20(22)13-15-21(14-12-17-8-5-4-6-9-17)27(23,24)19-11-7-10-18(16-19)25-2/h4-11,16H,3,12-15H2,1-2H3. The number of benzene rings is 2. The van der Waals surface area contributed by atoms with Crippen molar-refractivity contribution in [2.75, 3.05) is 26.8 Å². The van der Waals surface area contributed by atoms with Gasteiger partial charge in [-0.3, -0.25) is 4.79 Å². The zero-order chi connectivity index (χ0) is 19.7. The van der Waals surface area contributed by atoms with Crippen LogP contribution in [-0.2, 0) is 26.0 Å². The van der Waals surface area contributed by atoms with Crippen LogP contribution in [0.25, 0.3) is 0 Å². The largest absolute Gasteiger partial charge is 0.497 e. The summed E-state index contributed by atoms with van der Waals surface area (Å²) in [7, 11) is -2.28. The van der Waals surface area contributed by atoms with Crippen molar-refractivity contribution in [2.45, 2.75) is 24.7 Å². The molecule has 0 unspecified atom stereocenters. The smallest absolute Gasteiger partial charge is 0.307 e. The minimum Gasteiger partial charge on any atom is -0.497 e. The van der Waals surface area contributed by atoms with Crippen molar-refractivity contribution in [3.05, 3.63) is 60.2 Å². The van der Waals surface area contributed by atoms with Crippen molar-refractivity contribution in [2.24, 2.45) is 0 Å². The molecule has 0 aliphatic rings. The Balaban J connectivity index is 2.21.